The fraction of sp³-hybridized carbons (Fsp3) is 0.667. The van der Waals surface area contributed by atoms with Crippen molar-refractivity contribution in [1.29, 1.82) is 0 Å². The first-order chi connectivity index (χ1) is 7.35. The van der Waals surface area contributed by atoms with Crippen molar-refractivity contribution in [2.75, 3.05) is 31.2 Å². The molecule has 0 radical (unpaired) electrons. The molecule has 0 unspecified atom stereocenters. The van der Waals surface area contributed by atoms with Crippen LogP contribution >= 0.6 is 11.9 Å². The molecule has 0 spiro atoms. The first kappa shape index (κ1) is 10.8. The number of hydrogen-bond acceptors (Lipinski definition) is 5. The Morgan fingerprint density at radius 1 is 1.60 bits per heavy atom. The van der Waals surface area contributed by atoms with Crippen LogP contribution in [0, 0.1) is 0 Å². The third-order valence-electron chi connectivity index (χ3n) is 2.56. The molecule has 0 bridgehead atoms. The van der Waals surface area contributed by atoms with Gasteiger partial charge in [-0.25, -0.2) is 9.29 Å². The second-order valence-corrected chi connectivity index (χ2v) is 4.38. The van der Waals surface area contributed by atoms with Gasteiger partial charge >= 0.3 is 0 Å². The van der Waals surface area contributed by atoms with Crippen LogP contribution in [0.5, 0.6) is 0 Å². The number of rotatable bonds is 4. The highest BCUT2D eigenvalue weighted by Crippen LogP contribution is 2.23. The number of nitrogens with one attached hydrogen (secondary N) is 1. The van der Waals surface area contributed by atoms with E-state index in [1.54, 1.807) is 11.9 Å². The maximum absolute atomic E-state index is 5.46. The van der Waals surface area contributed by atoms with Crippen LogP contribution in [-0.4, -0.2) is 39.7 Å². The predicted molar refractivity (Wildman–Crippen MR) is 63.7 cm³/mol. The van der Waals surface area contributed by atoms with E-state index in [1.807, 2.05) is 6.33 Å². The van der Waals surface area contributed by atoms with Crippen LogP contribution in [0.25, 0.3) is 0 Å². The summed E-state index contributed by atoms with van der Waals surface area (Å²) >= 11 is 1.79. The molecule has 0 aromatic carbocycles. The van der Waals surface area contributed by atoms with Crippen LogP contribution in [0.4, 0.5) is 5.82 Å². The van der Waals surface area contributed by atoms with E-state index in [1.165, 1.54) is 5.69 Å². The molecule has 1 aromatic heterocycles. The van der Waals surface area contributed by atoms with Gasteiger partial charge in [0.1, 0.15) is 5.82 Å². The van der Waals surface area contributed by atoms with Crippen molar-refractivity contribution in [2.45, 2.75) is 13.1 Å². The van der Waals surface area contributed by atoms with Gasteiger partial charge in [-0.05, 0) is 6.26 Å². The van der Waals surface area contributed by atoms with Gasteiger partial charge in [0, 0.05) is 26.2 Å². The highest BCUT2D eigenvalue weighted by Gasteiger charge is 2.19. The third kappa shape index (κ3) is 2.27. The highest BCUT2D eigenvalue weighted by molar-refractivity contribution is 7.96. The van der Waals surface area contributed by atoms with Crippen molar-refractivity contribution in [3.05, 3.63) is 12.0 Å². The average molecular weight is 227 g/mol. The van der Waals surface area contributed by atoms with Crippen molar-refractivity contribution in [2.24, 2.45) is 5.73 Å². The van der Waals surface area contributed by atoms with E-state index in [-0.39, 0.29) is 0 Å². The largest absolute Gasteiger partial charge is 0.367 e. The molecule has 0 saturated heterocycles. The molecule has 0 fully saturated rings. The molecule has 1 aromatic rings. The zero-order valence-corrected chi connectivity index (χ0v) is 9.76. The summed E-state index contributed by atoms with van der Waals surface area (Å²) in [5, 5.41) is 3.25. The minimum absolute atomic E-state index is 0.637. The molecule has 3 N–H and O–H groups in total. The lowest BCUT2D eigenvalue weighted by Crippen LogP contribution is -2.28. The molecule has 0 aliphatic carbocycles. The maximum Gasteiger partial charge on any atom is 0.148 e. The minimum atomic E-state index is 0.637. The zero-order valence-electron chi connectivity index (χ0n) is 8.94. The Hall–Kier alpha value is -0.720. The number of aromatic nitrogens is 2. The van der Waals surface area contributed by atoms with Crippen LogP contribution in [-0.2, 0) is 13.1 Å². The molecule has 5 nitrogen and oxygen atoms in total. The summed E-state index contributed by atoms with van der Waals surface area (Å²) in [6.07, 6.45) is 4.02. The summed E-state index contributed by atoms with van der Waals surface area (Å²) in [7, 11) is 0. The van der Waals surface area contributed by atoms with E-state index in [0.717, 1.165) is 32.0 Å². The van der Waals surface area contributed by atoms with Crippen LogP contribution in [0.1, 0.15) is 5.69 Å². The standard InChI is InChI=1S/C9H17N5S/c1-15-14-5-4-13-7-12-9(8(13)6-14)11-3-2-10/h7,11H,2-6,10H2,1H3. The molecule has 6 heteroatoms. The number of hydrogen-bond donors (Lipinski definition) is 2. The number of anilines is 1. The Bertz CT molecular complexity index is 324. The zero-order chi connectivity index (χ0) is 10.7. The summed E-state index contributed by atoms with van der Waals surface area (Å²) in [5.41, 5.74) is 6.73. The van der Waals surface area contributed by atoms with Gasteiger partial charge in [0.15, 0.2) is 0 Å². The lowest BCUT2D eigenvalue weighted by molar-refractivity contribution is 0.377. The highest BCUT2D eigenvalue weighted by atomic mass is 32.2. The molecule has 1 aliphatic heterocycles. The van der Waals surface area contributed by atoms with E-state index >= 15 is 0 Å². The minimum Gasteiger partial charge on any atom is -0.367 e. The van der Waals surface area contributed by atoms with Crippen molar-refractivity contribution in [3.63, 3.8) is 0 Å². The summed E-state index contributed by atoms with van der Waals surface area (Å²) in [6, 6.07) is 0. The van der Waals surface area contributed by atoms with Gasteiger partial charge in [-0.2, -0.15) is 0 Å². The number of nitrogens with zero attached hydrogens (tertiary/aromatic N) is 3. The van der Waals surface area contributed by atoms with Gasteiger partial charge in [0.05, 0.1) is 18.6 Å². The van der Waals surface area contributed by atoms with E-state index in [4.69, 9.17) is 5.73 Å². The Labute approximate surface area is 94.2 Å². The fourth-order valence-electron chi connectivity index (χ4n) is 1.73. The first-order valence-corrected chi connectivity index (χ1v) is 6.30. The molecular formula is C9H17N5S. The Kier molecular flexibility index (Phi) is 3.50. The average Bonchev–Trinajstić information content (AvgIpc) is 2.68. The molecule has 1 aliphatic rings. The van der Waals surface area contributed by atoms with Crippen LogP contribution < -0.4 is 11.1 Å². The molecule has 2 heterocycles. The Balaban J connectivity index is 2.10. The number of imidazole rings is 1. The van der Waals surface area contributed by atoms with Gasteiger partial charge in [-0.15, -0.1) is 0 Å². The van der Waals surface area contributed by atoms with Crippen molar-refractivity contribution >= 4 is 17.8 Å². The molecule has 0 amide bonds. The normalized spacial score (nSPS) is 16.4. The van der Waals surface area contributed by atoms with Gasteiger partial charge in [0.2, 0.25) is 0 Å². The van der Waals surface area contributed by atoms with E-state index in [2.05, 4.69) is 25.4 Å². The number of fused-ring (bicyclic) bond motifs is 1. The van der Waals surface area contributed by atoms with Crippen LogP contribution in [0.3, 0.4) is 0 Å². The van der Waals surface area contributed by atoms with E-state index in [9.17, 15) is 0 Å². The molecule has 84 valence electrons. The van der Waals surface area contributed by atoms with Crippen LogP contribution in [0.15, 0.2) is 6.33 Å². The number of nitrogens with two attached hydrogens (primary N) is 1. The Morgan fingerprint density at radius 2 is 2.47 bits per heavy atom. The van der Waals surface area contributed by atoms with Crippen LogP contribution in [0.2, 0.25) is 0 Å². The van der Waals surface area contributed by atoms with Crippen molar-refractivity contribution < 1.29 is 0 Å². The van der Waals surface area contributed by atoms with Gasteiger partial charge in [-0.3, -0.25) is 0 Å². The predicted octanol–water partition coefficient (Wildman–Crippen LogP) is 0.347. The third-order valence-corrected chi connectivity index (χ3v) is 3.39. The summed E-state index contributed by atoms with van der Waals surface area (Å²) < 4.78 is 4.55. The summed E-state index contributed by atoms with van der Waals surface area (Å²) in [4.78, 5) is 4.36. The van der Waals surface area contributed by atoms with Crippen molar-refractivity contribution in [3.8, 4) is 0 Å². The molecular weight excluding hydrogens is 210 g/mol. The summed E-state index contributed by atoms with van der Waals surface area (Å²) in [5.74, 6) is 0.985. The lowest BCUT2D eigenvalue weighted by Gasteiger charge is -2.26. The summed E-state index contributed by atoms with van der Waals surface area (Å²) in [6.45, 7) is 4.48. The second kappa shape index (κ2) is 4.87. The second-order valence-electron chi connectivity index (χ2n) is 3.49. The molecule has 0 saturated carbocycles. The lowest BCUT2D eigenvalue weighted by atomic mass is 10.3. The first-order valence-electron chi connectivity index (χ1n) is 5.12. The topological polar surface area (TPSA) is 59.1 Å². The SMILES string of the molecule is CSN1CCn2cnc(NCCN)c2C1. The molecule has 15 heavy (non-hydrogen) atoms. The fourth-order valence-corrected chi connectivity index (χ4v) is 2.24. The van der Waals surface area contributed by atoms with E-state index < -0.39 is 0 Å². The smallest absolute Gasteiger partial charge is 0.148 e. The molecule has 2 rings (SSSR count). The Morgan fingerprint density at radius 3 is 3.20 bits per heavy atom. The quantitative estimate of drug-likeness (QED) is 0.727. The monoisotopic (exact) mass is 227 g/mol. The van der Waals surface area contributed by atoms with Gasteiger partial charge in [-0.1, -0.05) is 11.9 Å². The van der Waals surface area contributed by atoms with Crippen molar-refractivity contribution in [1.82, 2.24) is 13.9 Å². The van der Waals surface area contributed by atoms with E-state index in [0.29, 0.717) is 6.54 Å². The maximum atomic E-state index is 5.46. The van der Waals surface area contributed by atoms with Gasteiger partial charge in [0.25, 0.3) is 0 Å². The van der Waals surface area contributed by atoms with Gasteiger partial charge < -0.3 is 15.6 Å². The molecule has 0 atom stereocenters.